The molecule has 0 amide bonds. The highest BCUT2D eigenvalue weighted by molar-refractivity contribution is 5.46. The van der Waals surface area contributed by atoms with E-state index in [9.17, 15) is 0 Å². The molecule has 0 bridgehead atoms. The van der Waals surface area contributed by atoms with Gasteiger partial charge < -0.3 is 9.47 Å². The number of nitrogens with zero attached hydrogens (tertiary/aromatic N) is 3. The van der Waals surface area contributed by atoms with Crippen LogP contribution in [0.2, 0.25) is 0 Å². The summed E-state index contributed by atoms with van der Waals surface area (Å²) in [4.78, 5) is 6.31. The van der Waals surface area contributed by atoms with Gasteiger partial charge in [0.15, 0.2) is 0 Å². The van der Waals surface area contributed by atoms with Crippen LogP contribution in [0, 0.1) is 0 Å². The molecule has 20 heavy (non-hydrogen) atoms. The maximum Gasteiger partial charge on any atom is 0.0991 e. The molecule has 2 aromatic carbocycles. The Kier molecular flexibility index (Phi) is 3.50. The molecule has 1 heterocycles. The van der Waals surface area contributed by atoms with E-state index in [0.717, 1.165) is 12.2 Å². The Morgan fingerprint density at radius 3 is 2.40 bits per heavy atom. The lowest BCUT2D eigenvalue weighted by atomic mass is 10.2. The molecule has 0 N–H and O–H groups in total. The zero-order valence-electron chi connectivity index (χ0n) is 11.5. The molecule has 0 fully saturated rings. The topological polar surface area (TPSA) is 21.1 Å². The summed E-state index contributed by atoms with van der Waals surface area (Å²) < 4.78 is 2.00. The van der Waals surface area contributed by atoms with E-state index in [0.29, 0.717) is 0 Å². The third-order valence-electron chi connectivity index (χ3n) is 3.36. The molecule has 1 aromatic heterocycles. The second-order valence-electron chi connectivity index (χ2n) is 4.83. The fourth-order valence-corrected chi connectivity index (χ4v) is 2.23. The van der Waals surface area contributed by atoms with Crippen molar-refractivity contribution in [2.24, 2.45) is 0 Å². The highest BCUT2D eigenvalue weighted by Crippen LogP contribution is 2.16. The molecule has 100 valence electrons. The van der Waals surface area contributed by atoms with Gasteiger partial charge in [0.1, 0.15) is 0 Å². The van der Waals surface area contributed by atoms with Crippen molar-refractivity contribution in [2.75, 3.05) is 11.9 Å². The molecule has 0 saturated carbocycles. The maximum atomic E-state index is 4.06. The Balaban J connectivity index is 1.72. The number of rotatable bonds is 4. The molecule has 0 saturated heterocycles. The standard InChI is InChI=1S/C17H17N3/c1-19(16-5-3-2-4-6-16)13-15-7-9-17(10-8-15)20-12-11-18-14-20/h2-12,14H,13H2,1H3. The van der Waals surface area contributed by atoms with Gasteiger partial charge in [-0.2, -0.15) is 0 Å². The molecule has 0 atom stereocenters. The molecule has 3 rings (SSSR count). The summed E-state index contributed by atoms with van der Waals surface area (Å²) >= 11 is 0. The number of anilines is 1. The minimum Gasteiger partial charge on any atom is -0.370 e. The SMILES string of the molecule is CN(Cc1ccc(-n2ccnc2)cc1)c1ccccc1. The van der Waals surface area contributed by atoms with Crippen LogP contribution in [-0.2, 0) is 6.54 Å². The summed E-state index contributed by atoms with van der Waals surface area (Å²) in [6.45, 7) is 0.897. The second-order valence-corrected chi connectivity index (χ2v) is 4.83. The summed E-state index contributed by atoms with van der Waals surface area (Å²) in [5.74, 6) is 0. The van der Waals surface area contributed by atoms with Crippen LogP contribution in [0.4, 0.5) is 5.69 Å². The fraction of sp³-hybridized carbons (Fsp3) is 0.118. The maximum absolute atomic E-state index is 4.06. The lowest BCUT2D eigenvalue weighted by Crippen LogP contribution is -2.16. The fourth-order valence-electron chi connectivity index (χ4n) is 2.23. The number of benzene rings is 2. The number of para-hydroxylation sites is 1. The number of hydrogen-bond donors (Lipinski definition) is 0. The zero-order chi connectivity index (χ0) is 13.8. The van der Waals surface area contributed by atoms with Gasteiger partial charge in [0.2, 0.25) is 0 Å². The van der Waals surface area contributed by atoms with Gasteiger partial charge in [0, 0.05) is 37.4 Å². The third kappa shape index (κ3) is 2.72. The van der Waals surface area contributed by atoms with Crippen molar-refractivity contribution in [3.8, 4) is 5.69 Å². The smallest absolute Gasteiger partial charge is 0.0991 e. The van der Waals surface area contributed by atoms with Crippen LogP contribution in [0.1, 0.15) is 5.56 Å². The Morgan fingerprint density at radius 2 is 1.75 bits per heavy atom. The molecule has 0 aliphatic rings. The van der Waals surface area contributed by atoms with Crippen LogP contribution in [0.15, 0.2) is 73.3 Å². The van der Waals surface area contributed by atoms with Gasteiger partial charge >= 0.3 is 0 Å². The van der Waals surface area contributed by atoms with E-state index >= 15 is 0 Å². The van der Waals surface area contributed by atoms with Crippen molar-refractivity contribution in [2.45, 2.75) is 6.54 Å². The minimum absolute atomic E-state index is 0.897. The van der Waals surface area contributed by atoms with Gasteiger partial charge in [-0.1, -0.05) is 30.3 Å². The Labute approximate surface area is 119 Å². The van der Waals surface area contributed by atoms with Crippen molar-refractivity contribution in [1.29, 1.82) is 0 Å². The molecule has 3 aromatic rings. The lowest BCUT2D eigenvalue weighted by Gasteiger charge is -2.19. The summed E-state index contributed by atoms with van der Waals surface area (Å²) in [6.07, 6.45) is 5.55. The molecule has 0 spiro atoms. The summed E-state index contributed by atoms with van der Waals surface area (Å²) in [7, 11) is 2.11. The average molecular weight is 263 g/mol. The van der Waals surface area contributed by atoms with E-state index in [-0.39, 0.29) is 0 Å². The first-order chi connectivity index (χ1) is 9.83. The molecule has 0 aliphatic carbocycles. The lowest BCUT2D eigenvalue weighted by molar-refractivity contribution is 0.921. The molecule has 0 radical (unpaired) electrons. The summed E-state index contributed by atoms with van der Waals surface area (Å²) in [5.41, 5.74) is 3.65. The number of imidazole rings is 1. The number of aromatic nitrogens is 2. The zero-order valence-corrected chi connectivity index (χ0v) is 11.5. The molecule has 3 heteroatoms. The monoisotopic (exact) mass is 263 g/mol. The van der Waals surface area contributed by atoms with Crippen LogP contribution in [0.5, 0.6) is 0 Å². The van der Waals surface area contributed by atoms with Gasteiger partial charge in [-0.15, -0.1) is 0 Å². The predicted molar refractivity (Wildman–Crippen MR) is 82.1 cm³/mol. The minimum atomic E-state index is 0.897. The van der Waals surface area contributed by atoms with Crippen LogP contribution >= 0.6 is 0 Å². The molecule has 0 aliphatic heterocycles. The van der Waals surface area contributed by atoms with E-state index in [1.807, 2.05) is 23.2 Å². The van der Waals surface area contributed by atoms with Crippen LogP contribution in [0.3, 0.4) is 0 Å². The Hall–Kier alpha value is -2.55. The number of hydrogen-bond acceptors (Lipinski definition) is 2. The van der Waals surface area contributed by atoms with Crippen molar-refractivity contribution < 1.29 is 0 Å². The van der Waals surface area contributed by atoms with Crippen molar-refractivity contribution >= 4 is 5.69 Å². The van der Waals surface area contributed by atoms with Crippen LogP contribution in [-0.4, -0.2) is 16.6 Å². The van der Waals surface area contributed by atoms with Crippen molar-refractivity contribution in [3.05, 3.63) is 78.9 Å². The highest BCUT2D eigenvalue weighted by atomic mass is 15.1. The summed E-state index contributed by atoms with van der Waals surface area (Å²) in [6, 6.07) is 19.0. The van der Waals surface area contributed by atoms with Crippen molar-refractivity contribution in [1.82, 2.24) is 9.55 Å². The first-order valence-corrected chi connectivity index (χ1v) is 6.66. The normalized spacial score (nSPS) is 10.4. The third-order valence-corrected chi connectivity index (χ3v) is 3.36. The second kappa shape index (κ2) is 5.61. The van der Waals surface area contributed by atoms with E-state index < -0.39 is 0 Å². The van der Waals surface area contributed by atoms with Gasteiger partial charge in [-0.3, -0.25) is 0 Å². The largest absolute Gasteiger partial charge is 0.370 e. The predicted octanol–water partition coefficient (Wildman–Crippen LogP) is 3.51. The van der Waals surface area contributed by atoms with E-state index in [2.05, 4.69) is 65.5 Å². The van der Waals surface area contributed by atoms with Gasteiger partial charge in [0.05, 0.1) is 6.33 Å². The first kappa shape index (κ1) is 12.5. The van der Waals surface area contributed by atoms with Gasteiger partial charge in [0.25, 0.3) is 0 Å². The quantitative estimate of drug-likeness (QED) is 0.718. The van der Waals surface area contributed by atoms with Gasteiger partial charge in [-0.05, 0) is 29.8 Å². The molecule has 3 nitrogen and oxygen atoms in total. The summed E-state index contributed by atoms with van der Waals surface area (Å²) in [5, 5.41) is 0. The van der Waals surface area contributed by atoms with E-state index in [4.69, 9.17) is 0 Å². The van der Waals surface area contributed by atoms with Crippen LogP contribution in [0.25, 0.3) is 5.69 Å². The van der Waals surface area contributed by atoms with E-state index in [1.54, 1.807) is 6.20 Å². The Morgan fingerprint density at radius 1 is 1.00 bits per heavy atom. The molecular formula is C17H17N3. The highest BCUT2D eigenvalue weighted by Gasteiger charge is 2.02. The Bertz CT molecular complexity index is 642. The van der Waals surface area contributed by atoms with E-state index in [1.165, 1.54) is 11.3 Å². The molecular weight excluding hydrogens is 246 g/mol. The van der Waals surface area contributed by atoms with Gasteiger partial charge in [-0.25, -0.2) is 4.98 Å². The van der Waals surface area contributed by atoms with Crippen LogP contribution < -0.4 is 4.90 Å². The first-order valence-electron chi connectivity index (χ1n) is 6.66. The average Bonchev–Trinajstić information content (AvgIpc) is 3.03. The molecule has 0 unspecified atom stereocenters. The van der Waals surface area contributed by atoms with Crippen molar-refractivity contribution in [3.63, 3.8) is 0 Å².